The highest BCUT2D eigenvalue weighted by Crippen LogP contribution is 2.01. The first kappa shape index (κ1) is 13.9. The molecule has 86 valence electrons. The molecular formula is C11H25NO2. The number of methoxy groups -OCH3 is 1. The van der Waals surface area contributed by atoms with Gasteiger partial charge in [0.1, 0.15) is 0 Å². The van der Waals surface area contributed by atoms with Gasteiger partial charge < -0.3 is 14.8 Å². The molecule has 0 rings (SSSR count). The largest absolute Gasteiger partial charge is 0.385 e. The predicted molar refractivity (Wildman–Crippen MR) is 59.7 cm³/mol. The topological polar surface area (TPSA) is 30.5 Å². The zero-order chi connectivity index (χ0) is 10.6. The van der Waals surface area contributed by atoms with Crippen LogP contribution in [-0.4, -0.2) is 40.0 Å². The first-order chi connectivity index (χ1) is 6.85. The molecule has 0 aliphatic carbocycles. The van der Waals surface area contributed by atoms with Gasteiger partial charge in [0.15, 0.2) is 0 Å². The van der Waals surface area contributed by atoms with Gasteiger partial charge in [-0.05, 0) is 32.7 Å². The highest BCUT2D eigenvalue weighted by Gasteiger charge is 2.01. The average molecular weight is 203 g/mol. The molecule has 3 heteroatoms. The molecule has 0 amide bonds. The van der Waals surface area contributed by atoms with E-state index in [1.165, 1.54) is 12.8 Å². The van der Waals surface area contributed by atoms with E-state index in [0.717, 1.165) is 32.7 Å². The number of nitrogens with one attached hydrogen (secondary N) is 1. The van der Waals surface area contributed by atoms with Gasteiger partial charge >= 0.3 is 0 Å². The molecule has 0 spiro atoms. The Balaban J connectivity index is 3.04. The molecule has 0 aliphatic rings. The van der Waals surface area contributed by atoms with E-state index in [1.807, 2.05) is 7.05 Å². The second-order valence-electron chi connectivity index (χ2n) is 3.49. The Bertz CT molecular complexity index is 105. The van der Waals surface area contributed by atoms with Crippen LogP contribution in [0.5, 0.6) is 0 Å². The lowest BCUT2D eigenvalue weighted by molar-refractivity contribution is 0.0991. The highest BCUT2D eigenvalue weighted by molar-refractivity contribution is 4.60. The van der Waals surface area contributed by atoms with E-state index >= 15 is 0 Å². The minimum atomic E-state index is 0.651. The standard InChI is InChI=1S/C11H25NO2/c1-4-11(12-2)7-5-9-14-10-6-8-13-3/h11-12H,4-10H2,1-3H3. The van der Waals surface area contributed by atoms with Crippen molar-refractivity contribution in [2.45, 2.75) is 38.6 Å². The number of ether oxygens (including phenoxy) is 2. The molecule has 0 bridgehead atoms. The molecule has 0 aliphatic heterocycles. The lowest BCUT2D eigenvalue weighted by atomic mass is 10.1. The maximum absolute atomic E-state index is 5.47. The van der Waals surface area contributed by atoms with E-state index in [2.05, 4.69) is 12.2 Å². The van der Waals surface area contributed by atoms with Gasteiger partial charge in [0.05, 0.1) is 0 Å². The van der Waals surface area contributed by atoms with E-state index < -0.39 is 0 Å². The third-order valence-corrected chi connectivity index (χ3v) is 2.38. The fourth-order valence-electron chi connectivity index (χ4n) is 1.39. The van der Waals surface area contributed by atoms with Crippen molar-refractivity contribution in [1.29, 1.82) is 0 Å². The summed E-state index contributed by atoms with van der Waals surface area (Å²) in [6, 6.07) is 0.651. The Kier molecular flexibility index (Phi) is 10.9. The van der Waals surface area contributed by atoms with Gasteiger partial charge in [-0.1, -0.05) is 6.92 Å². The van der Waals surface area contributed by atoms with Crippen LogP contribution in [0.4, 0.5) is 0 Å². The van der Waals surface area contributed by atoms with Crippen LogP contribution in [0.15, 0.2) is 0 Å². The SMILES string of the molecule is CCC(CCCOCCCOC)NC. The van der Waals surface area contributed by atoms with E-state index in [9.17, 15) is 0 Å². The summed E-state index contributed by atoms with van der Waals surface area (Å²) < 4.78 is 10.4. The second-order valence-corrected chi connectivity index (χ2v) is 3.49. The van der Waals surface area contributed by atoms with Crippen molar-refractivity contribution >= 4 is 0 Å². The van der Waals surface area contributed by atoms with E-state index in [4.69, 9.17) is 9.47 Å². The lowest BCUT2D eigenvalue weighted by Gasteiger charge is -2.13. The van der Waals surface area contributed by atoms with Crippen molar-refractivity contribution in [1.82, 2.24) is 5.32 Å². The molecule has 1 atom stereocenters. The van der Waals surface area contributed by atoms with Crippen molar-refractivity contribution in [2.24, 2.45) is 0 Å². The summed E-state index contributed by atoms with van der Waals surface area (Å²) in [5.74, 6) is 0. The molecule has 0 saturated heterocycles. The van der Waals surface area contributed by atoms with Gasteiger partial charge in [-0.2, -0.15) is 0 Å². The van der Waals surface area contributed by atoms with Crippen LogP contribution < -0.4 is 5.32 Å². The summed E-state index contributed by atoms with van der Waals surface area (Å²) in [4.78, 5) is 0. The maximum Gasteiger partial charge on any atom is 0.0487 e. The number of hydrogen-bond donors (Lipinski definition) is 1. The molecule has 0 saturated carbocycles. The van der Waals surface area contributed by atoms with Crippen LogP contribution in [0.2, 0.25) is 0 Å². The number of rotatable bonds is 10. The van der Waals surface area contributed by atoms with Gasteiger partial charge in [0, 0.05) is 33.0 Å². The van der Waals surface area contributed by atoms with Crippen molar-refractivity contribution in [3.05, 3.63) is 0 Å². The van der Waals surface area contributed by atoms with Crippen LogP contribution >= 0.6 is 0 Å². The summed E-state index contributed by atoms with van der Waals surface area (Å²) in [6.07, 6.45) is 4.55. The van der Waals surface area contributed by atoms with Gasteiger partial charge in [0.2, 0.25) is 0 Å². The number of hydrogen-bond acceptors (Lipinski definition) is 3. The monoisotopic (exact) mass is 203 g/mol. The summed E-state index contributed by atoms with van der Waals surface area (Å²) >= 11 is 0. The van der Waals surface area contributed by atoms with Crippen molar-refractivity contribution < 1.29 is 9.47 Å². The molecule has 14 heavy (non-hydrogen) atoms. The Morgan fingerprint density at radius 2 is 1.86 bits per heavy atom. The highest BCUT2D eigenvalue weighted by atomic mass is 16.5. The smallest absolute Gasteiger partial charge is 0.0487 e. The average Bonchev–Trinajstić information content (AvgIpc) is 2.22. The Morgan fingerprint density at radius 3 is 2.43 bits per heavy atom. The summed E-state index contributed by atoms with van der Waals surface area (Å²) in [7, 11) is 3.74. The lowest BCUT2D eigenvalue weighted by Crippen LogP contribution is -2.24. The van der Waals surface area contributed by atoms with Crippen LogP contribution in [-0.2, 0) is 9.47 Å². The van der Waals surface area contributed by atoms with E-state index in [0.29, 0.717) is 6.04 Å². The molecule has 0 aromatic carbocycles. The van der Waals surface area contributed by atoms with Crippen LogP contribution in [0.1, 0.15) is 32.6 Å². The summed E-state index contributed by atoms with van der Waals surface area (Å²) in [5.41, 5.74) is 0. The quantitative estimate of drug-likeness (QED) is 0.549. The normalized spacial score (nSPS) is 13.1. The Morgan fingerprint density at radius 1 is 1.14 bits per heavy atom. The van der Waals surface area contributed by atoms with Crippen LogP contribution in [0, 0.1) is 0 Å². The van der Waals surface area contributed by atoms with Gasteiger partial charge in [0.25, 0.3) is 0 Å². The summed E-state index contributed by atoms with van der Waals surface area (Å²) in [6.45, 7) is 4.71. The van der Waals surface area contributed by atoms with E-state index in [1.54, 1.807) is 7.11 Å². The van der Waals surface area contributed by atoms with Crippen molar-refractivity contribution in [3.63, 3.8) is 0 Å². The molecular weight excluding hydrogens is 178 g/mol. The third kappa shape index (κ3) is 8.48. The van der Waals surface area contributed by atoms with Gasteiger partial charge in [-0.3, -0.25) is 0 Å². The van der Waals surface area contributed by atoms with Crippen molar-refractivity contribution in [3.8, 4) is 0 Å². The molecule has 0 fully saturated rings. The Hall–Kier alpha value is -0.120. The molecule has 0 aromatic rings. The minimum absolute atomic E-state index is 0.651. The molecule has 1 N–H and O–H groups in total. The molecule has 1 unspecified atom stereocenters. The predicted octanol–water partition coefficient (Wildman–Crippen LogP) is 1.82. The second kappa shape index (κ2) is 11.0. The van der Waals surface area contributed by atoms with Crippen LogP contribution in [0.3, 0.4) is 0 Å². The van der Waals surface area contributed by atoms with Gasteiger partial charge in [-0.15, -0.1) is 0 Å². The zero-order valence-electron chi connectivity index (χ0n) is 9.84. The Labute approximate surface area is 88.2 Å². The zero-order valence-corrected chi connectivity index (χ0v) is 9.84. The fourth-order valence-corrected chi connectivity index (χ4v) is 1.39. The minimum Gasteiger partial charge on any atom is -0.385 e. The fraction of sp³-hybridized carbons (Fsp3) is 1.00. The van der Waals surface area contributed by atoms with E-state index in [-0.39, 0.29) is 0 Å². The first-order valence-corrected chi connectivity index (χ1v) is 5.59. The third-order valence-electron chi connectivity index (χ3n) is 2.38. The van der Waals surface area contributed by atoms with Crippen LogP contribution in [0.25, 0.3) is 0 Å². The van der Waals surface area contributed by atoms with Gasteiger partial charge in [-0.25, -0.2) is 0 Å². The summed E-state index contributed by atoms with van der Waals surface area (Å²) in [5, 5.41) is 3.29. The molecule has 3 nitrogen and oxygen atoms in total. The molecule has 0 aromatic heterocycles. The van der Waals surface area contributed by atoms with Crippen molar-refractivity contribution in [2.75, 3.05) is 34.0 Å². The molecule has 0 radical (unpaired) electrons. The maximum atomic E-state index is 5.47. The first-order valence-electron chi connectivity index (χ1n) is 5.59. The molecule has 0 heterocycles.